The van der Waals surface area contributed by atoms with Crippen LogP contribution in [0.4, 0.5) is 0 Å². The Hall–Kier alpha value is -0.650. The van der Waals surface area contributed by atoms with Crippen LogP contribution in [-0.2, 0) is 23.7 Å². The molecule has 1 fully saturated rings. The number of rotatable bonds is 8. The summed E-state index contributed by atoms with van der Waals surface area (Å²) in [5.74, 6) is -0.221. The van der Waals surface area contributed by atoms with Crippen LogP contribution < -0.4 is 0 Å². The predicted octanol–water partition coefficient (Wildman–Crippen LogP) is 1.89. The van der Waals surface area contributed by atoms with Crippen molar-refractivity contribution in [2.75, 3.05) is 26.4 Å². The van der Waals surface area contributed by atoms with Crippen LogP contribution in [0.3, 0.4) is 0 Å². The quantitative estimate of drug-likeness (QED) is 0.624. The van der Waals surface area contributed by atoms with E-state index in [9.17, 15) is 4.79 Å². The van der Waals surface area contributed by atoms with Crippen molar-refractivity contribution in [2.45, 2.75) is 51.9 Å². The van der Waals surface area contributed by atoms with E-state index in [0.29, 0.717) is 19.8 Å². The molecule has 18 heavy (non-hydrogen) atoms. The topological polar surface area (TPSA) is 54.0 Å². The van der Waals surface area contributed by atoms with Gasteiger partial charge >= 0.3 is 5.97 Å². The monoisotopic (exact) mass is 260 g/mol. The summed E-state index contributed by atoms with van der Waals surface area (Å²) >= 11 is 0. The second-order valence-electron chi connectivity index (χ2n) is 4.37. The molecule has 0 saturated carbocycles. The molecule has 0 aliphatic carbocycles. The molecule has 0 aromatic carbocycles. The molecule has 0 N–H and O–H groups in total. The summed E-state index contributed by atoms with van der Waals surface area (Å²) in [5.41, 5.74) is 0. The fourth-order valence-corrected chi connectivity index (χ4v) is 1.71. The van der Waals surface area contributed by atoms with Crippen molar-refractivity contribution < 1.29 is 23.7 Å². The third kappa shape index (κ3) is 6.93. The van der Waals surface area contributed by atoms with E-state index < -0.39 is 0 Å². The minimum absolute atomic E-state index is 0.0371. The Bertz CT molecular complexity index is 225. The number of hydrogen-bond donors (Lipinski definition) is 0. The fraction of sp³-hybridized carbons (Fsp3) is 0.923. The van der Waals surface area contributed by atoms with Crippen LogP contribution in [-0.4, -0.2) is 44.8 Å². The van der Waals surface area contributed by atoms with Gasteiger partial charge in [-0.15, -0.1) is 0 Å². The highest BCUT2D eigenvalue weighted by atomic mass is 16.7. The van der Waals surface area contributed by atoms with E-state index in [4.69, 9.17) is 18.9 Å². The van der Waals surface area contributed by atoms with Crippen molar-refractivity contribution in [3.63, 3.8) is 0 Å². The van der Waals surface area contributed by atoms with Crippen molar-refractivity contribution in [3.8, 4) is 0 Å². The first-order valence-electron chi connectivity index (χ1n) is 6.72. The molecule has 106 valence electrons. The fourth-order valence-electron chi connectivity index (χ4n) is 1.71. The van der Waals surface area contributed by atoms with E-state index in [0.717, 1.165) is 25.9 Å². The minimum atomic E-state index is -0.221. The Balaban J connectivity index is 1.99. The van der Waals surface area contributed by atoms with E-state index in [1.54, 1.807) is 6.92 Å². The van der Waals surface area contributed by atoms with Crippen LogP contribution in [0, 0.1) is 0 Å². The van der Waals surface area contributed by atoms with Gasteiger partial charge in [-0.05, 0) is 33.1 Å². The molecule has 1 aliphatic rings. The molecule has 5 heteroatoms. The van der Waals surface area contributed by atoms with Crippen LogP contribution in [0.5, 0.6) is 0 Å². The van der Waals surface area contributed by atoms with Gasteiger partial charge in [-0.3, -0.25) is 4.79 Å². The molecule has 0 bridgehead atoms. The zero-order chi connectivity index (χ0) is 13.2. The molecule has 0 amide bonds. The summed E-state index contributed by atoms with van der Waals surface area (Å²) in [6.45, 7) is 5.77. The van der Waals surface area contributed by atoms with Crippen molar-refractivity contribution >= 4 is 5.97 Å². The maximum absolute atomic E-state index is 11.1. The predicted molar refractivity (Wildman–Crippen MR) is 66.2 cm³/mol. The largest absolute Gasteiger partial charge is 0.466 e. The van der Waals surface area contributed by atoms with E-state index in [1.165, 1.54) is 0 Å². The number of carbonyl (C=O) groups is 1. The molecule has 1 aliphatic heterocycles. The third-order valence-electron chi connectivity index (χ3n) is 2.67. The summed E-state index contributed by atoms with van der Waals surface area (Å²) in [4.78, 5) is 11.1. The second kappa shape index (κ2) is 9.30. The van der Waals surface area contributed by atoms with E-state index in [-0.39, 0.29) is 24.8 Å². The summed E-state index contributed by atoms with van der Waals surface area (Å²) in [6.07, 6.45) is 3.39. The molecule has 0 radical (unpaired) electrons. The van der Waals surface area contributed by atoms with Crippen LogP contribution >= 0.6 is 0 Å². The van der Waals surface area contributed by atoms with Gasteiger partial charge in [-0.25, -0.2) is 0 Å². The van der Waals surface area contributed by atoms with Crippen molar-refractivity contribution in [1.29, 1.82) is 0 Å². The van der Waals surface area contributed by atoms with Crippen LogP contribution in [0.15, 0.2) is 0 Å². The van der Waals surface area contributed by atoms with Crippen LogP contribution in [0.25, 0.3) is 0 Å². The normalized spacial score (nSPS) is 21.6. The van der Waals surface area contributed by atoms with Gasteiger partial charge in [0, 0.05) is 6.61 Å². The molecule has 0 spiro atoms. The highest BCUT2D eigenvalue weighted by Crippen LogP contribution is 2.14. The summed E-state index contributed by atoms with van der Waals surface area (Å²) < 4.78 is 21.3. The lowest BCUT2D eigenvalue weighted by Gasteiger charge is -2.24. The van der Waals surface area contributed by atoms with Crippen LogP contribution in [0.2, 0.25) is 0 Å². The lowest BCUT2D eigenvalue weighted by atomic mass is 10.2. The first kappa shape index (κ1) is 15.4. The molecule has 1 unspecified atom stereocenters. The zero-order valence-electron chi connectivity index (χ0n) is 11.4. The molecule has 1 rings (SSSR count). The minimum Gasteiger partial charge on any atom is -0.466 e. The Kier molecular flexibility index (Phi) is 7.96. The summed E-state index contributed by atoms with van der Waals surface area (Å²) in [7, 11) is 0. The van der Waals surface area contributed by atoms with Crippen molar-refractivity contribution in [1.82, 2.24) is 0 Å². The second-order valence-corrected chi connectivity index (χ2v) is 4.37. The van der Waals surface area contributed by atoms with E-state index in [2.05, 4.69) is 0 Å². The average molecular weight is 260 g/mol. The van der Waals surface area contributed by atoms with Gasteiger partial charge in [-0.2, -0.15) is 0 Å². The molecular formula is C13H24O5. The van der Waals surface area contributed by atoms with Crippen LogP contribution in [0.1, 0.15) is 39.5 Å². The lowest BCUT2D eigenvalue weighted by Crippen LogP contribution is -2.27. The molecule has 0 aromatic rings. The Morgan fingerprint density at radius 3 is 2.94 bits per heavy atom. The van der Waals surface area contributed by atoms with Gasteiger partial charge < -0.3 is 18.9 Å². The first-order chi connectivity index (χ1) is 8.72. The van der Waals surface area contributed by atoms with E-state index >= 15 is 0 Å². The highest BCUT2D eigenvalue weighted by Gasteiger charge is 2.15. The van der Waals surface area contributed by atoms with Gasteiger partial charge in [0.1, 0.15) is 0 Å². The van der Waals surface area contributed by atoms with E-state index in [1.807, 2.05) is 6.92 Å². The third-order valence-corrected chi connectivity index (χ3v) is 2.67. The molecule has 5 nitrogen and oxygen atoms in total. The standard InChI is InChI=1S/C13H24O5/c1-3-15-12(14)7-9-16-11(2)10-18-13-6-4-5-8-17-13/h11,13H,3-10H2,1-2H3/t11-,13?/m1/s1. The van der Waals surface area contributed by atoms with Gasteiger partial charge in [0.15, 0.2) is 6.29 Å². The Morgan fingerprint density at radius 1 is 1.44 bits per heavy atom. The molecule has 2 atom stereocenters. The zero-order valence-corrected chi connectivity index (χ0v) is 11.4. The summed E-state index contributed by atoms with van der Waals surface area (Å²) in [5, 5.41) is 0. The Labute approximate surface area is 109 Å². The van der Waals surface area contributed by atoms with Gasteiger partial charge in [0.2, 0.25) is 0 Å². The number of ether oxygens (including phenoxy) is 4. The molecular weight excluding hydrogens is 236 g/mol. The Morgan fingerprint density at radius 2 is 2.28 bits per heavy atom. The highest BCUT2D eigenvalue weighted by molar-refractivity contribution is 5.69. The molecule has 1 saturated heterocycles. The lowest BCUT2D eigenvalue weighted by molar-refractivity contribution is -0.178. The molecule has 0 aromatic heterocycles. The molecule has 1 heterocycles. The number of hydrogen-bond acceptors (Lipinski definition) is 5. The van der Waals surface area contributed by atoms with Gasteiger partial charge in [-0.1, -0.05) is 0 Å². The van der Waals surface area contributed by atoms with Gasteiger partial charge in [0.05, 0.1) is 32.3 Å². The first-order valence-corrected chi connectivity index (χ1v) is 6.72. The maximum Gasteiger partial charge on any atom is 0.308 e. The van der Waals surface area contributed by atoms with Crippen molar-refractivity contribution in [3.05, 3.63) is 0 Å². The number of esters is 1. The van der Waals surface area contributed by atoms with Gasteiger partial charge in [0.25, 0.3) is 0 Å². The smallest absolute Gasteiger partial charge is 0.308 e. The SMILES string of the molecule is CCOC(=O)CCO[C@H](C)COC1CCCCO1. The van der Waals surface area contributed by atoms with Crippen molar-refractivity contribution in [2.24, 2.45) is 0 Å². The summed E-state index contributed by atoms with van der Waals surface area (Å²) in [6, 6.07) is 0. The maximum atomic E-state index is 11.1. The average Bonchev–Trinajstić information content (AvgIpc) is 2.38. The number of carbonyl (C=O) groups excluding carboxylic acids is 1.